The van der Waals surface area contributed by atoms with E-state index < -0.39 is 0 Å². The average Bonchev–Trinajstić information content (AvgIpc) is 2.66. The fourth-order valence-corrected chi connectivity index (χ4v) is 2.56. The summed E-state index contributed by atoms with van der Waals surface area (Å²) < 4.78 is 11.5. The van der Waals surface area contributed by atoms with Crippen molar-refractivity contribution in [1.82, 2.24) is 5.43 Å². The SMILES string of the molecule is CCC(C)c1ccc(OCCOc2ccc(Cl)cc2C=NNC(C)=O)cc1. The number of nitrogens with zero attached hydrogens (tertiary/aromatic N) is 1. The van der Waals surface area contributed by atoms with Gasteiger partial charge in [0.1, 0.15) is 24.7 Å². The van der Waals surface area contributed by atoms with Crippen LogP contribution in [0.15, 0.2) is 47.6 Å². The fraction of sp³-hybridized carbons (Fsp3) is 0.333. The molecule has 1 unspecified atom stereocenters. The molecule has 0 aliphatic rings. The fourth-order valence-electron chi connectivity index (χ4n) is 2.38. The quantitative estimate of drug-likeness (QED) is 0.382. The highest BCUT2D eigenvalue weighted by Crippen LogP contribution is 2.23. The maximum Gasteiger partial charge on any atom is 0.236 e. The van der Waals surface area contributed by atoms with Gasteiger partial charge in [-0.1, -0.05) is 37.6 Å². The van der Waals surface area contributed by atoms with Gasteiger partial charge >= 0.3 is 0 Å². The molecule has 0 heterocycles. The summed E-state index contributed by atoms with van der Waals surface area (Å²) in [6.07, 6.45) is 2.61. The van der Waals surface area contributed by atoms with Gasteiger partial charge in [0.2, 0.25) is 5.91 Å². The van der Waals surface area contributed by atoms with Gasteiger partial charge in [0.25, 0.3) is 0 Å². The van der Waals surface area contributed by atoms with Crippen LogP contribution in [0.4, 0.5) is 0 Å². The van der Waals surface area contributed by atoms with Crippen LogP contribution in [0.3, 0.4) is 0 Å². The molecule has 2 rings (SSSR count). The van der Waals surface area contributed by atoms with Crippen molar-refractivity contribution in [3.8, 4) is 11.5 Å². The zero-order valence-corrected chi connectivity index (χ0v) is 16.6. The lowest BCUT2D eigenvalue weighted by molar-refractivity contribution is -0.118. The molecule has 0 saturated heterocycles. The summed E-state index contributed by atoms with van der Waals surface area (Å²) in [6, 6.07) is 13.4. The lowest BCUT2D eigenvalue weighted by Gasteiger charge is -2.12. The van der Waals surface area contributed by atoms with Gasteiger partial charge in [-0.25, -0.2) is 5.43 Å². The third-order valence-electron chi connectivity index (χ3n) is 4.07. The number of rotatable bonds is 9. The second-order valence-corrected chi connectivity index (χ2v) is 6.62. The van der Waals surface area contributed by atoms with Crippen molar-refractivity contribution < 1.29 is 14.3 Å². The first-order valence-electron chi connectivity index (χ1n) is 8.94. The van der Waals surface area contributed by atoms with Crippen LogP contribution in [0.5, 0.6) is 11.5 Å². The molecule has 27 heavy (non-hydrogen) atoms. The van der Waals surface area contributed by atoms with Crippen LogP contribution in [0.25, 0.3) is 0 Å². The van der Waals surface area contributed by atoms with E-state index in [-0.39, 0.29) is 5.91 Å². The smallest absolute Gasteiger partial charge is 0.236 e. The first-order valence-corrected chi connectivity index (χ1v) is 9.32. The molecule has 1 atom stereocenters. The summed E-state index contributed by atoms with van der Waals surface area (Å²) >= 11 is 6.02. The molecule has 0 aliphatic carbocycles. The van der Waals surface area contributed by atoms with Crippen LogP contribution in [0.2, 0.25) is 5.02 Å². The number of hydrogen-bond donors (Lipinski definition) is 1. The molecule has 0 aliphatic heterocycles. The van der Waals surface area contributed by atoms with Crippen molar-refractivity contribution in [2.24, 2.45) is 5.10 Å². The maximum absolute atomic E-state index is 10.9. The monoisotopic (exact) mass is 388 g/mol. The number of benzene rings is 2. The zero-order valence-electron chi connectivity index (χ0n) is 15.9. The number of nitrogens with one attached hydrogen (secondary N) is 1. The third kappa shape index (κ3) is 6.94. The maximum atomic E-state index is 10.9. The zero-order chi connectivity index (χ0) is 19.6. The lowest BCUT2D eigenvalue weighted by atomic mass is 9.99. The number of ether oxygens (including phenoxy) is 2. The van der Waals surface area contributed by atoms with Crippen molar-refractivity contribution >= 4 is 23.7 Å². The third-order valence-corrected chi connectivity index (χ3v) is 4.30. The predicted molar refractivity (Wildman–Crippen MR) is 109 cm³/mol. The summed E-state index contributed by atoms with van der Waals surface area (Å²) in [5, 5.41) is 4.41. The molecule has 0 bridgehead atoms. The Morgan fingerprint density at radius 3 is 2.56 bits per heavy atom. The molecular weight excluding hydrogens is 364 g/mol. The Hall–Kier alpha value is -2.53. The van der Waals surface area contributed by atoms with E-state index in [9.17, 15) is 4.79 Å². The summed E-state index contributed by atoms with van der Waals surface area (Å²) in [5.74, 6) is 1.73. The largest absolute Gasteiger partial charge is 0.490 e. The second-order valence-electron chi connectivity index (χ2n) is 6.18. The molecule has 1 N–H and O–H groups in total. The van der Waals surface area contributed by atoms with Gasteiger partial charge in [-0.15, -0.1) is 0 Å². The molecule has 0 fully saturated rings. The molecule has 0 saturated carbocycles. The van der Waals surface area contributed by atoms with E-state index in [4.69, 9.17) is 21.1 Å². The van der Waals surface area contributed by atoms with Crippen molar-refractivity contribution in [3.05, 3.63) is 58.6 Å². The Kier molecular flexibility index (Phi) is 8.14. The van der Waals surface area contributed by atoms with E-state index in [0.29, 0.717) is 35.5 Å². The van der Waals surface area contributed by atoms with E-state index in [2.05, 4.69) is 36.5 Å². The van der Waals surface area contributed by atoms with E-state index in [1.165, 1.54) is 18.7 Å². The van der Waals surface area contributed by atoms with Crippen molar-refractivity contribution in [2.75, 3.05) is 13.2 Å². The lowest BCUT2D eigenvalue weighted by Crippen LogP contribution is -2.13. The molecular formula is C21H25ClN2O3. The van der Waals surface area contributed by atoms with E-state index in [1.807, 2.05) is 12.1 Å². The van der Waals surface area contributed by atoms with Crippen LogP contribution < -0.4 is 14.9 Å². The normalized spacial score (nSPS) is 12.0. The first kappa shape index (κ1) is 20.8. The summed E-state index contributed by atoms with van der Waals surface area (Å²) in [7, 11) is 0. The molecule has 0 spiro atoms. The highest BCUT2D eigenvalue weighted by molar-refractivity contribution is 6.30. The van der Waals surface area contributed by atoms with Gasteiger partial charge in [-0.05, 0) is 48.2 Å². The van der Waals surface area contributed by atoms with Gasteiger partial charge in [0, 0.05) is 17.5 Å². The Balaban J connectivity index is 1.87. The Morgan fingerprint density at radius 1 is 1.19 bits per heavy atom. The topological polar surface area (TPSA) is 59.9 Å². The number of carbonyl (C=O) groups excluding carboxylic acids is 1. The van der Waals surface area contributed by atoms with Gasteiger partial charge < -0.3 is 9.47 Å². The number of carbonyl (C=O) groups is 1. The number of hydrazone groups is 1. The highest BCUT2D eigenvalue weighted by atomic mass is 35.5. The molecule has 144 valence electrons. The number of halogens is 1. The standard InChI is InChI=1S/C21H25ClN2O3/c1-4-15(2)17-5-8-20(9-6-17)26-11-12-27-21-10-7-19(22)13-18(21)14-23-24-16(3)25/h5-10,13-15H,4,11-12H2,1-3H3,(H,24,25). The number of hydrogen-bond acceptors (Lipinski definition) is 4. The number of amides is 1. The minimum atomic E-state index is -0.247. The first-order chi connectivity index (χ1) is 13.0. The van der Waals surface area contributed by atoms with Crippen LogP contribution >= 0.6 is 11.6 Å². The Morgan fingerprint density at radius 2 is 1.89 bits per heavy atom. The van der Waals surface area contributed by atoms with Gasteiger partial charge in [-0.2, -0.15) is 5.10 Å². The molecule has 1 amide bonds. The van der Waals surface area contributed by atoms with Crippen molar-refractivity contribution in [1.29, 1.82) is 0 Å². The van der Waals surface area contributed by atoms with E-state index in [1.54, 1.807) is 18.2 Å². The summed E-state index contributed by atoms with van der Waals surface area (Å²) in [5.41, 5.74) is 4.34. The van der Waals surface area contributed by atoms with Gasteiger partial charge in [-0.3, -0.25) is 4.79 Å². The Labute approximate surface area is 165 Å². The minimum absolute atomic E-state index is 0.247. The molecule has 2 aromatic rings. The molecule has 0 aromatic heterocycles. The molecule has 2 aromatic carbocycles. The second kappa shape index (κ2) is 10.6. The average molecular weight is 389 g/mol. The molecule has 0 radical (unpaired) electrons. The van der Waals surface area contributed by atoms with Gasteiger partial charge in [0.05, 0.1) is 6.21 Å². The summed E-state index contributed by atoms with van der Waals surface area (Å²) in [4.78, 5) is 10.9. The highest BCUT2D eigenvalue weighted by Gasteiger charge is 2.05. The van der Waals surface area contributed by atoms with Gasteiger partial charge in [0.15, 0.2) is 0 Å². The summed E-state index contributed by atoms with van der Waals surface area (Å²) in [6.45, 7) is 6.56. The van der Waals surface area contributed by atoms with E-state index in [0.717, 1.165) is 12.2 Å². The molecule has 6 heteroatoms. The van der Waals surface area contributed by atoms with Crippen molar-refractivity contribution in [3.63, 3.8) is 0 Å². The van der Waals surface area contributed by atoms with Crippen LogP contribution in [0.1, 0.15) is 44.2 Å². The minimum Gasteiger partial charge on any atom is -0.490 e. The predicted octanol–water partition coefficient (Wildman–Crippen LogP) is 4.78. The van der Waals surface area contributed by atoms with Crippen LogP contribution in [0, 0.1) is 0 Å². The van der Waals surface area contributed by atoms with Crippen LogP contribution in [-0.2, 0) is 4.79 Å². The Bertz CT molecular complexity index is 775. The van der Waals surface area contributed by atoms with E-state index >= 15 is 0 Å². The van der Waals surface area contributed by atoms with Crippen molar-refractivity contribution in [2.45, 2.75) is 33.1 Å². The molecule has 5 nitrogen and oxygen atoms in total. The van der Waals surface area contributed by atoms with Crippen LogP contribution in [-0.4, -0.2) is 25.3 Å².